The van der Waals surface area contributed by atoms with Gasteiger partial charge in [0.15, 0.2) is 0 Å². The standard InChI is InChI=1S/C14H12BF8NO3/c1-5(2)10(25)24-9-6(13(20,21)11(16)17)3-4-7(15(26)27)8(9)14(22,23)12(18)19/h3-4,11-12,26-27H,1H2,2H3,(H,24,25). The summed E-state index contributed by atoms with van der Waals surface area (Å²) in [5.41, 5.74) is -7.66. The van der Waals surface area contributed by atoms with Crippen molar-refractivity contribution in [3.8, 4) is 0 Å². The van der Waals surface area contributed by atoms with E-state index in [1.165, 1.54) is 5.32 Å². The van der Waals surface area contributed by atoms with Gasteiger partial charge in [0.25, 0.3) is 5.91 Å². The maximum absolute atomic E-state index is 14.0. The van der Waals surface area contributed by atoms with E-state index in [2.05, 4.69) is 6.58 Å². The van der Waals surface area contributed by atoms with Gasteiger partial charge in [0.05, 0.1) is 16.8 Å². The van der Waals surface area contributed by atoms with Crippen molar-refractivity contribution in [1.29, 1.82) is 0 Å². The molecule has 1 aromatic rings. The molecule has 0 radical (unpaired) electrons. The van der Waals surface area contributed by atoms with Gasteiger partial charge in [0.1, 0.15) is 0 Å². The average Bonchev–Trinajstić information content (AvgIpc) is 2.53. The van der Waals surface area contributed by atoms with Gasteiger partial charge < -0.3 is 15.4 Å². The summed E-state index contributed by atoms with van der Waals surface area (Å²) in [6.07, 6.45) is -9.00. The maximum Gasteiger partial charge on any atom is 0.489 e. The molecule has 0 atom stereocenters. The number of carbonyl (C=O) groups is 1. The lowest BCUT2D eigenvalue weighted by Gasteiger charge is -2.27. The van der Waals surface area contributed by atoms with Crippen molar-refractivity contribution in [2.75, 3.05) is 5.32 Å². The molecule has 0 saturated carbocycles. The molecule has 27 heavy (non-hydrogen) atoms. The SMILES string of the molecule is C=C(C)C(=O)Nc1c(C(F)(F)C(F)F)ccc(B(O)O)c1C(F)(F)C(F)F. The Bertz CT molecular complexity index is 739. The molecule has 0 aromatic heterocycles. The fourth-order valence-corrected chi connectivity index (χ4v) is 2.05. The second kappa shape index (κ2) is 7.84. The van der Waals surface area contributed by atoms with Gasteiger partial charge in [0.2, 0.25) is 0 Å². The summed E-state index contributed by atoms with van der Waals surface area (Å²) in [7, 11) is -2.86. The number of carbonyl (C=O) groups excluding carboxylic acids is 1. The van der Waals surface area contributed by atoms with E-state index >= 15 is 0 Å². The minimum absolute atomic E-state index is 0.0972. The number of anilines is 1. The molecule has 0 heterocycles. The molecule has 3 N–H and O–H groups in total. The topological polar surface area (TPSA) is 69.6 Å². The molecular weight excluding hydrogens is 393 g/mol. The van der Waals surface area contributed by atoms with Crippen LogP contribution in [0.1, 0.15) is 18.1 Å². The Morgan fingerprint density at radius 3 is 1.93 bits per heavy atom. The molecule has 1 rings (SSSR count). The summed E-state index contributed by atoms with van der Waals surface area (Å²) in [6.45, 7) is 4.08. The van der Waals surface area contributed by atoms with Gasteiger partial charge >= 0.3 is 31.8 Å². The van der Waals surface area contributed by atoms with Crippen LogP contribution >= 0.6 is 0 Å². The van der Waals surface area contributed by atoms with Gasteiger partial charge in [-0.15, -0.1) is 0 Å². The summed E-state index contributed by atoms with van der Waals surface area (Å²) >= 11 is 0. The third kappa shape index (κ3) is 4.41. The Hall–Kier alpha value is -2.15. The molecule has 0 aliphatic carbocycles. The molecule has 1 amide bonds. The third-order valence-corrected chi connectivity index (χ3v) is 3.38. The van der Waals surface area contributed by atoms with Gasteiger partial charge in [-0.2, -0.15) is 17.6 Å². The normalized spacial score (nSPS) is 12.5. The van der Waals surface area contributed by atoms with Crippen LogP contribution in [0, 0.1) is 0 Å². The number of hydrogen-bond donors (Lipinski definition) is 3. The Morgan fingerprint density at radius 2 is 1.56 bits per heavy atom. The summed E-state index contributed by atoms with van der Waals surface area (Å²) < 4.78 is 107. The van der Waals surface area contributed by atoms with Gasteiger partial charge in [0, 0.05) is 5.57 Å². The van der Waals surface area contributed by atoms with Crippen LogP contribution in [0.2, 0.25) is 0 Å². The van der Waals surface area contributed by atoms with E-state index in [1.807, 2.05) is 0 Å². The summed E-state index contributed by atoms with van der Waals surface area (Å²) in [6, 6.07) is 0.248. The molecule has 0 aliphatic rings. The van der Waals surface area contributed by atoms with E-state index in [0.29, 0.717) is 0 Å². The van der Waals surface area contributed by atoms with Crippen LogP contribution in [0.25, 0.3) is 0 Å². The third-order valence-electron chi connectivity index (χ3n) is 3.38. The van der Waals surface area contributed by atoms with Gasteiger partial charge in [-0.1, -0.05) is 18.7 Å². The van der Waals surface area contributed by atoms with Gasteiger partial charge in [-0.05, 0) is 12.4 Å². The monoisotopic (exact) mass is 405 g/mol. The Kier molecular flexibility index (Phi) is 6.65. The highest BCUT2D eigenvalue weighted by molar-refractivity contribution is 6.59. The number of halogens is 8. The quantitative estimate of drug-likeness (QED) is 0.371. The van der Waals surface area contributed by atoms with E-state index in [9.17, 15) is 39.9 Å². The summed E-state index contributed by atoms with van der Waals surface area (Å²) in [5, 5.41) is 19.7. The predicted octanol–water partition coefficient (Wildman–Crippen LogP) is 2.59. The zero-order valence-electron chi connectivity index (χ0n) is 13.4. The lowest BCUT2D eigenvalue weighted by molar-refractivity contribution is -0.138. The van der Waals surface area contributed by atoms with Crippen molar-refractivity contribution in [3.05, 3.63) is 35.4 Å². The van der Waals surface area contributed by atoms with Crippen molar-refractivity contribution < 1.29 is 50.0 Å². The first kappa shape index (κ1) is 22.9. The van der Waals surface area contributed by atoms with Crippen LogP contribution < -0.4 is 10.8 Å². The van der Waals surface area contributed by atoms with E-state index in [-0.39, 0.29) is 12.1 Å². The van der Waals surface area contributed by atoms with Crippen LogP contribution in [0.4, 0.5) is 40.8 Å². The number of nitrogens with one attached hydrogen (secondary N) is 1. The highest BCUT2D eigenvalue weighted by atomic mass is 19.3. The molecule has 150 valence electrons. The van der Waals surface area contributed by atoms with Crippen LogP contribution in [-0.2, 0) is 16.6 Å². The Morgan fingerprint density at radius 1 is 1.07 bits per heavy atom. The maximum atomic E-state index is 14.0. The first-order chi connectivity index (χ1) is 12.2. The van der Waals surface area contributed by atoms with Crippen LogP contribution in [0.15, 0.2) is 24.3 Å². The van der Waals surface area contributed by atoms with E-state index < -0.39 is 65.6 Å². The molecule has 0 bridgehead atoms. The fraction of sp³-hybridized carbons (Fsp3) is 0.357. The van der Waals surface area contributed by atoms with Gasteiger partial charge in [-0.3, -0.25) is 4.79 Å². The minimum Gasteiger partial charge on any atom is -0.423 e. The molecule has 0 saturated heterocycles. The van der Waals surface area contributed by atoms with E-state index in [1.54, 1.807) is 0 Å². The van der Waals surface area contributed by atoms with Crippen molar-refractivity contribution >= 4 is 24.2 Å². The number of benzene rings is 1. The van der Waals surface area contributed by atoms with Crippen LogP contribution in [-0.4, -0.2) is 35.9 Å². The lowest BCUT2D eigenvalue weighted by Crippen LogP contribution is -2.42. The van der Waals surface area contributed by atoms with Crippen molar-refractivity contribution in [2.24, 2.45) is 0 Å². The van der Waals surface area contributed by atoms with E-state index in [4.69, 9.17) is 10.0 Å². The molecule has 4 nitrogen and oxygen atoms in total. The molecule has 0 spiro atoms. The largest absolute Gasteiger partial charge is 0.489 e. The average molecular weight is 405 g/mol. The molecular formula is C14H12BF8NO3. The number of alkyl halides is 8. The van der Waals surface area contributed by atoms with Crippen LogP contribution in [0.3, 0.4) is 0 Å². The molecule has 0 unspecified atom stereocenters. The highest BCUT2D eigenvalue weighted by Gasteiger charge is 2.52. The fourth-order valence-electron chi connectivity index (χ4n) is 2.05. The molecule has 0 aliphatic heterocycles. The van der Waals surface area contributed by atoms with Crippen molar-refractivity contribution in [3.63, 3.8) is 0 Å². The van der Waals surface area contributed by atoms with Crippen molar-refractivity contribution in [1.82, 2.24) is 0 Å². The second-order valence-electron chi connectivity index (χ2n) is 5.41. The highest BCUT2D eigenvalue weighted by Crippen LogP contribution is 2.45. The number of amides is 1. The zero-order valence-corrected chi connectivity index (χ0v) is 13.4. The summed E-state index contributed by atoms with van der Waals surface area (Å²) in [5.74, 6) is -11.9. The Balaban J connectivity index is 3.98. The zero-order chi connectivity index (χ0) is 21.3. The number of hydrogen-bond acceptors (Lipinski definition) is 3. The predicted molar refractivity (Wildman–Crippen MR) is 79.5 cm³/mol. The minimum atomic E-state index is -5.30. The second-order valence-corrected chi connectivity index (χ2v) is 5.41. The first-order valence-corrected chi connectivity index (χ1v) is 6.98. The smallest absolute Gasteiger partial charge is 0.423 e. The van der Waals surface area contributed by atoms with Crippen molar-refractivity contribution in [2.45, 2.75) is 31.6 Å². The summed E-state index contributed by atoms with van der Waals surface area (Å²) in [4.78, 5) is 11.7. The first-order valence-electron chi connectivity index (χ1n) is 6.98. The van der Waals surface area contributed by atoms with E-state index in [0.717, 1.165) is 6.92 Å². The molecule has 0 fully saturated rings. The molecule has 13 heteroatoms. The number of rotatable bonds is 7. The Labute approximate surface area is 147 Å². The van der Waals surface area contributed by atoms with Crippen LogP contribution in [0.5, 0.6) is 0 Å². The molecule has 1 aromatic carbocycles. The van der Waals surface area contributed by atoms with Gasteiger partial charge in [-0.25, -0.2) is 17.6 Å². The lowest BCUT2D eigenvalue weighted by atomic mass is 9.73.